The lowest BCUT2D eigenvalue weighted by Gasteiger charge is -2.39. The molecule has 1 aliphatic rings. The number of carbonyl (C=O) groups is 1. The first kappa shape index (κ1) is 16.7. The molecule has 1 aromatic carbocycles. The number of carbonyl (C=O) groups excluding carboxylic acids is 1. The fourth-order valence-corrected chi connectivity index (χ4v) is 3.08. The molecule has 8 heteroatoms. The van der Waals surface area contributed by atoms with Gasteiger partial charge >= 0.3 is 0 Å². The van der Waals surface area contributed by atoms with Crippen molar-refractivity contribution in [3.8, 4) is 5.82 Å². The average molecular weight is 413 g/mol. The summed E-state index contributed by atoms with van der Waals surface area (Å²) in [6.07, 6.45) is 5.05. The highest BCUT2D eigenvalue weighted by Crippen LogP contribution is 2.25. The van der Waals surface area contributed by atoms with Gasteiger partial charge in [0.25, 0.3) is 0 Å². The van der Waals surface area contributed by atoms with Crippen LogP contribution < -0.4 is 10.2 Å². The summed E-state index contributed by atoms with van der Waals surface area (Å²) in [5.74, 6) is 1.48. The molecule has 0 unspecified atom stereocenters. The van der Waals surface area contributed by atoms with Crippen LogP contribution in [0.3, 0.4) is 0 Å². The number of aryl methyl sites for hydroxylation is 1. The zero-order valence-corrected chi connectivity index (χ0v) is 15.7. The lowest BCUT2D eigenvalue weighted by molar-refractivity contribution is -0.120. The van der Waals surface area contributed by atoms with Gasteiger partial charge in [0.1, 0.15) is 12.1 Å². The van der Waals surface area contributed by atoms with Crippen LogP contribution in [-0.2, 0) is 4.79 Å². The van der Waals surface area contributed by atoms with Gasteiger partial charge in [-0.2, -0.15) is 5.10 Å². The van der Waals surface area contributed by atoms with E-state index in [0.717, 1.165) is 21.5 Å². The predicted octanol–water partition coefficient (Wildman–Crippen LogP) is 2.81. The highest BCUT2D eigenvalue weighted by atomic mass is 79.9. The van der Waals surface area contributed by atoms with E-state index in [9.17, 15) is 4.79 Å². The van der Waals surface area contributed by atoms with E-state index in [2.05, 4.69) is 41.2 Å². The molecule has 0 aliphatic carbocycles. The minimum absolute atomic E-state index is 0.0318. The summed E-state index contributed by atoms with van der Waals surface area (Å²) in [6, 6.07) is 9.51. The zero-order chi connectivity index (χ0) is 18.1. The average Bonchev–Trinajstić information content (AvgIpc) is 3.12. The summed E-state index contributed by atoms with van der Waals surface area (Å²) in [5.41, 5.74) is 1.90. The number of anilines is 2. The molecule has 1 aliphatic heterocycles. The summed E-state index contributed by atoms with van der Waals surface area (Å²) in [6.45, 7) is 3.27. The van der Waals surface area contributed by atoms with Crippen molar-refractivity contribution in [2.24, 2.45) is 5.92 Å². The van der Waals surface area contributed by atoms with Crippen LogP contribution in [0.15, 0.2) is 53.5 Å². The molecular formula is C18H17BrN6O. The molecule has 1 saturated heterocycles. The normalized spacial score (nSPS) is 14.2. The van der Waals surface area contributed by atoms with Crippen molar-refractivity contribution in [3.05, 3.63) is 59.1 Å². The summed E-state index contributed by atoms with van der Waals surface area (Å²) in [7, 11) is 0. The van der Waals surface area contributed by atoms with E-state index in [1.807, 2.05) is 43.5 Å². The number of aromatic nitrogens is 4. The van der Waals surface area contributed by atoms with Gasteiger partial charge in [0, 0.05) is 41.7 Å². The van der Waals surface area contributed by atoms with Crippen molar-refractivity contribution in [2.45, 2.75) is 6.92 Å². The molecule has 1 amide bonds. The summed E-state index contributed by atoms with van der Waals surface area (Å²) >= 11 is 3.47. The first-order valence-electron chi connectivity index (χ1n) is 8.24. The van der Waals surface area contributed by atoms with Gasteiger partial charge in [0.15, 0.2) is 5.82 Å². The first-order chi connectivity index (χ1) is 12.6. The maximum atomic E-state index is 12.4. The van der Waals surface area contributed by atoms with Crippen molar-refractivity contribution in [3.63, 3.8) is 0 Å². The monoisotopic (exact) mass is 412 g/mol. The molecule has 26 heavy (non-hydrogen) atoms. The highest BCUT2D eigenvalue weighted by molar-refractivity contribution is 9.10. The van der Waals surface area contributed by atoms with Crippen LogP contribution in [0.2, 0.25) is 0 Å². The van der Waals surface area contributed by atoms with Gasteiger partial charge in [0.05, 0.1) is 5.92 Å². The Bertz CT molecular complexity index is 937. The molecule has 0 atom stereocenters. The molecule has 7 nitrogen and oxygen atoms in total. The van der Waals surface area contributed by atoms with E-state index in [-0.39, 0.29) is 11.8 Å². The van der Waals surface area contributed by atoms with E-state index in [1.54, 1.807) is 10.9 Å². The number of rotatable bonds is 4. The number of halogens is 1. The molecule has 0 saturated carbocycles. The van der Waals surface area contributed by atoms with E-state index < -0.39 is 0 Å². The van der Waals surface area contributed by atoms with Crippen LogP contribution >= 0.6 is 15.9 Å². The van der Waals surface area contributed by atoms with Gasteiger partial charge in [-0.15, -0.1) is 0 Å². The lowest BCUT2D eigenvalue weighted by Crippen LogP contribution is -2.52. The predicted molar refractivity (Wildman–Crippen MR) is 102 cm³/mol. The number of nitrogens with one attached hydrogen (secondary N) is 1. The van der Waals surface area contributed by atoms with Gasteiger partial charge in [-0.3, -0.25) is 4.79 Å². The Morgan fingerprint density at radius 1 is 1.23 bits per heavy atom. The Morgan fingerprint density at radius 3 is 2.77 bits per heavy atom. The van der Waals surface area contributed by atoms with Crippen molar-refractivity contribution in [2.75, 3.05) is 23.3 Å². The van der Waals surface area contributed by atoms with Crippen LogP contribution in [0.4, 0.5) is 11.5 Å². The molecule has 2 aromatic heterocycles. The Hall–Kier alpha value is -2.74. The summed E-state index contributed by atoms with van der Waals surface area (Å²) in [4.78, 5) is 23.0. The molecule has 1 fully saturated rings. The quantitative estimate of drug-likeness (QED) is 0.712. The third-order valence-electron chi connectivity index (χ3n) is 4.38. The Morgan fingerprint density at radius 2 is 2.04 bits per heavy atom. The third-order valence-corrected chi connectivity index (χ3v) is 5.27. The fraction of sp³-hybridized carbons (Fsp3) is 0.222. The van der Waals surface area contributed by atoms with Gasteiger partial charge in [-0.05, 0) is 36.8 Å². The van der Waals surface area contributed by atoms with Crippen LogP contribution in [0, 0.1) is 12.8 Å². The maximum Gasteiger partial charge on any atom is 0.231 e. The molecule has 132 valence electrons. The number of nitrogens with zero attached hydrogens (tertiary/aromatic N) is 5. The smallest absolute Gasteiger partial charge is 0.231 e. The Kier molecular flexibility index (Phi) is 4.42. The highest BCUT2D eigenvalue weighted by Gasteiger charge is 2.33. The topological polar surface area (TPSA) is 75.9 Å². The van der Waals surface area contributed by atoms with Gasteiger partial charge in [-0.1, -0.05) is 15.9 Å². The standard InChI is InChI=1S/C18H17BrN6O/c1-12-7-14(3-4-15(12)19)23-18(26)13-9-24(10-13)16-8-17(21-11-20-16)25-6-2-5-22-25/h2-8,11,13H,9-10H2,1H3,(H,23,26). The van der Waals surface area contributed by atoms with Gasteiger partial charge < -0.3 is 10.2 Å². The molecule has 0 spiro atoms. The van der Waals surface area contributed by atoms with Gasteiger partial charge in [-0.25, -0.2) is 14.6 Å². The van der Waals surface area contributed by atoms with Crippen molar-refractivity contribution >= 4 is 33.3 Å². The Labute approximate surface area is 159 Å². The second-order valence-corrected chi connectivity index (χ2v) is 7.09. The van der Waals surface area contributed by atoms with E-state index in [0.29, 0.717) is 18.9 Å². The number of hydrogen-bond donors (Lipinski definition) is 1. The van der Waals surface area contributed by atoms with Crippen molar-refractivity contribution in [1.29, 1.82) is 0 Å². The summed E-state index contributed by atoms with van der Waals surface area (Å²) in [5, 5.41) is 7.16. The van der Waals surface area contributed by atoms with Crippen molar-refractivity contribution in [1.82, 2.24) is 19.7 Å². The van der Waals surface area contributed by atoms with Gasteiger partial charge in [0.2, 0.25) is 5.91 Å². The molecule has 4 rings (SSSR count). The third kappa shape index (κ3) is 3.32. The molecule has 0 radical (unpaired) electrons. The number of amides is 1. The Balaban J connectivity index is 1.38. The molecule has 1 N–H and O–H groups in total. The second-order valence-electron chi connectivity index (χ2n) is 6.24. The lowest BCUT2D eigenvalue weighted by atomic mass is 9.99. The van der Waals surface area contributed by atoms with E-state index in [1.165, 1.54) is 6.33 Å². The van der Waals surface area contributed by atoms with Crippen LogP contribution in [-0.4, -0.2) is 38.7 Å². The first-order valence-corrected chi connectivity index (χ1v) is 9.03. The van der Waals surface area contributed by atoms with E-state index >= 15 is 0 Å². The fourth-order valence-electron chi connectivity index (χ4n) is 2.84. The minimum atomic E-state index is -0.0536. The molecule has 0 bridgehead atoms. The van der Waals surface area contributed by atoms with Crippen LogP contribution in [0.25, 0.3) is 5.82 Å². The van der Waals surface area contributed by atoms with Crippen LogP contribution in [0.1, 0.15) is 5.56 Å². The molecular weight excluding hydrogens is 396 g/mol. The zero-order valence-electron chi connectivity index (χ0n) is 14.1. The number of hydrogen-bond acceptors (Lipinski definition) is 5. The number of benzene rings is 1. The van der Waals surface area contributed by atoms with Crippen molar-refractivity contribution < 1.29 is 4.79 Å². The molecule has 3 heterocycles. The largest absolute Gasteiger partial charge is 0.355 e. The van der Waals surface area contributed by atoms with E-state index in [4.69, 9.17) is 0 Å². The SMILES string of the molecule is Cc1cc(NC(=O)C2CN(c3cc(-n4cccn4)ncn3)C2)ccc1Br. The van der Waals surface area contributed by atoms with Crippen LogP contribution in [0.5, 0.6) is 0 Å². The molecule has 3 aromatic rings. The second kappa shape index (κ2) is 6.87. The maximum absolute atomic E-state index is 12.4. The summed E-state index contributed by atoms with van der Waals surface area (Å²) < 4.78 is 2.72. The minimum Gasteiger partial charge on any atom is -0.355 e.